The first-order chi connectivity index (χ1) is 4.97. The summed E-state index contributed by atoms with van der Waals surface area (Å²) in [6.45, 7) is 0.995. The third-order valence-corrected chi connectivity index (χ3v) is 1.38. The van der Waals surface area contributed by atoms with E-state index in [0.717, 1.165) is 0 Å². The number of alkyl halides is 3. The zero-order valence-corrected chi connectivity index (χ0v) is 6.07. The second kappa shape index (κ2) is 2.64. The normalized spacial score (nSPS) is 36.0. The molecule has 1 saturated heterocycles. The van der Waals surface area contributed by atoms with E-state index in [1.807, 2.05) is 0 Å². The molecule has 1 rings (SSSR count). The quantitative estimate of drug-likeness (QED) is 0.631. The summed E-state index contributed by atoms with van der Waals surface area (Å²) in [6.07, 6.45) is -3.37. The molecule has 0 amide bonds. The molecule has 0 aromatic heterocycles. The average Bonchev–Trinajstić information content (AvgIpc) is 2.07. The van der Waals surface area contributed by atoms with Crippen LogP contribution in [0.1, 0.15) is 19.8 Å². The van der Waals surface area contributed by atoms with Gasteiger partial charge in [-0.05, 0) is 0 Å². The Morgan fingerprint density at radius 1 is 1.36 bits per heavy atom. The van der Waals surface area contributed by atoms with Crippen LogP contribution in [0.25, 0.3) is 0 Å². The lowest BCUT2D eigenvalue weighted by Gasteiger charge is -2.15. The molecule has 1 unspecified atom stereocenters. The monoisotopic (exact) mass is 170 g/mol. The number of hydrogen-bond acceptors (Lipinski definition) is 2. The number of ether oxygens (including phenoxy) is 2. The Bertz CT molecular complexity index is 151. The van der Waals surface area contributed by atoms with E-state index in [0.29, 0.717) is 6.42 Å². The largest absolute Gasteiger partial charge is 0.488 e. The van der Waals surface area contributed by atoms with Gasteiger partial charge in [0, 0.05) is 6.42 Å². The predicted octanol–water partition coefficient (Wildman–Crippen LogP) is 2.05. The average molecular weight is 170 g/mol. The summed E-state index contributed by atoms with van der Waals surface area (Å²) >= 11 is 0. The second-order valence-electron chi connectivity index (χ2n) is 2.49. The van der Waals surface area contributed by atoms with Gasteiger partial charge in [0.1, 0.15) is 6.61 Å². The standard InChI is InChI=1S/C6H9F3O2/c1-2-3-5(7)4-10-6(8,9)11-5/h2-4H2,1H3. The van der Waals surface area contributed by atoms with E-state index >= 15 is 0 Å². The van der Waals surface area contributed by atoms with Crippen molar-refractivity contribution in [2.45, 2.75) is 31.9 Å². The van der Waals surface area contributed by atoms with E-state index in [9.17, 15) is 13.2 Å². The van der Waals surface area contributed by atoms with Gasteiger partial charge < -0.3 is 0 Å². The summed E-state index contributed by atoms with van der Waals surface area (Å²) in [6, 6.07) is 0. The smallest absolute Gasteiger partial charge is 0.290 e. The molecule has 2 nitrogen and oxygen atoms in total. The maximum absolute atomic E-state index is 13.0. The molecule has 0 spiro atoms. The molecular formula is C6H9F3O2. The fourth-order valence-electron chi connectivity index (χ4n) is 0.960. The zero-order chi connectivity index (χ0) is 8.54. The van der Waals surface area contributed by atoms with E-state index in [1.54, 1.807) is 6.92 Å². The van der Waals surface area contributed by atoms with Crippen LogP contribution in [0.15, 0.2) is 0 Å². The molecule has 1 heterocycles. The van der Waals surface area contributed by atoms with Gasteiger partial charge in [0.15, 0.2) is 0 Å². The van der Waals surface area contributed by atoms with Crippen LogP contribution in [-0.4, -0.2) is 18.8 Å². The van der Waals surface area contributed by atoms with Crippen molar-refractivity contribution in [1.82, 2.24) is 0 Å². The van der Waals surface area contributed by atoms with Crippen molar-refractivity contribution < 1.29 is 22.6 Å². The Hall–Kier alpha value is -0.290. The second-order valence-corrected chi connectivity index (χ2v) is 2.49. The van der Waals surface area contributed by atoms with Crippen molar-refractivity contribution in [2.24, 2.45) is 0 Å². The highest BCUT2D eigenvalue weighted by molar-refractivity contribution is 4.72. The van der Waals surface area contributed by atoms with Crippen LogP contribution in [0.5, 0.6) is 0 Å². The van der Waals surface area contributed by atoms with E-state index in [-0.39, 0.29) is 6.42 Å². The fraction of sp³-hybridized carbons (Fsp3) is 1.00. The lowest BCUT2D eigenvalue weighted by atomic mass is 10.2. The summed E-state index contributed by atoms with van der Waals surface area (Å²) in [5, 5.41) is 0. The molecular weight excluding hydrogens is 161 g/mol. The molecule has 0 N–H and O–H groups in total. The van der Waals surface area contributed by atoms with Crippen LogP contribution in [0.2, 0.25) is 0 Å². The first-order valence-electron chi connectivity index (χ1n) is 3.38. The van der Waals surface area contributed by atoms with E-state index < -0.39 is 18.8 Å². The first kappa shape index (κ1) is 8.80. The van der Waals surface area contributed by atoms with Gasteiger partial charge >= 0.3 is 6.29 Å². The Labute approximate surface area is 62.3 Å². The first-order valence-corrected chi connectivity index (χ1v) is 3.38. The molecule has 1 fully saturated rings. The molecule has 1 aliphatic heterocycles. The Balaban J connectivity index is 2.51. The summed E-state index contributed by atoms with van der Waals surface area (Å²) < 4.78 is 44.7. The molecule has 1 atom stereocenters. The SMILES string of the molecule is CCCC1(F)COC(F)(F)O1. The van der Waals surface area contributed by atoms with Crippen LogP contribution in [0.4, 0.5) is 13.2 Å². The highest BCUT2D eigenvalue weighted by atomic mass is 19.3. The maximum atomic E-state index is 13.0. The summed E-state index contributed by atoms with van der Waals surface area (Å²) in [4.78, 5) is 0. The van der Waals surface area contributed by atoms with Crippen molar-refractivity contribution in [2.75, 3.05) is 6.61 Å². The summed E-state index contributed by atoms with van der Waals surface area (Å²) in [5.74, 6) is -2.29. The minimum absolute atomic E-state index is 0.0669. The molecule has 11 heavy (non-hydrogen) atoms. The van der Waals surface area contributed by atoms with Crippen LogP contribution >= 0.6 is 0 Å². The minimum atomic E-state index is -3.75. The molecule has 0 radical (unpaired) electrons. The lowest BCUT2D eigenvalue weighted by Crippen LogP contribution is -2.27. The lowest BCUT2D eigenvalue weighted by molar-refractivity contribution is -0.368. The molecule has 0 aromatic carbocycles. The van der Waals surface area contributed by atoms with Crippen LogP contribution in [-0.2, 0) is 9.47 Å². The van der Waals surface area contributed by atoms with Gasteiger partial charge in [-0.1, -0.05) is 13.3 Å². The molecule has 1 aliphatic rings. The molecule has 66 valence electrons. The highest BCUT2D eigenvalue weighted by Crippen LogP contribution is 2.37. The van der Waals surface area contributed by atoms with Gasteiger partial charge in [-0.3, -0.25) is 9.47 Å². The van der Waals surface area contributed by atoms with E-state index in [2.05, 4.69) is 9.47 Å². The summed E-state index contributed by atoms with van der Waals surface area (Å²) in [5.41, 5.74) is 0. The van der Waals surface area contributed by atoms with Gasteiger partial charge in [-0.25, -0.2) is 4.39 Å². The third-order valence-electron chi connectivity index (χ3n) is 1.38. The Morgan fingerprint density at radius 2 is 2.00 bits per heavy atom. The molecule has 0 saturated carbocycles. The van der Waals surface area contributed by atoms with Crippen molar-refractivity contribution in [3.05, 3.63) is 0 Å². The minimum Gasteiger partial charge on any atom is -0.290 e. The Kier molecular flexibility index (Phi) is 2.11. The van der Waals surface area contributed by atoms with Crippen molar-refractivity contribution in [3.63, 3.8) is 0 Å². The zero-order valence-electron chi connectivity index (χ0n) is 6.07. The molecule has 0 aliphatic carbocycles. The van der Waals surface area contributed by atoms with E-state index in [1.165, 1.54) is 0 Å². The van der Waals surface area contributed by atoms with Gasteiger partial charge in [0.25, 0.3) is 0 Å². The van der Waals surface area contributed by atoms with Gasteiger partial charge in [0.2, 0.25) is 5.85 Å². The van der Waals surface area contributed by atoms with Gasteiger partial charge in [0.05, 0.1) is 0 Å². The number of halogens is 3. The van der Waals surface area contributed by atoms with Gasteiger partial charge in [-0.2, -0.15) is 0 Å². The highest BCUT2D eigenvalue weighted by Gasteiger charge is 2.52. The maximum Gasteiger partial charge on any atom is 0.488 e. The molecule has 0 aromatic rings. The van der Waals surface area contributed by atoms with Crippen molar-refractivity contribution >= 4 is 0 Å². The summed E-state index contributed by atoms with van der Waals surface area (Å²) in [7, 11) is 0. The third kappa shape index (κ3) is 2.07. The molecule has 0 bridgehead atoms. The molecule has 5 heteroatoms. The Morgan fingerprint density at radius 3 is 2.36 bits per heavy atom. The van der Waals surface area contributed by atoms with Crippen molar-refractivity contribution in [1.29, 1.82) is 0 Å². The van der Waals surface area contributed by atoms with Crippen LogP contribution in [0.3, 0.4) is 0 Å². The predicted molar refractivity (Wildman–Crippen MR) is 30.7 cm³/mol. The van der Waals surface area contributed by atoms with Crippen LogP contribution < -0.4 is 0 Å². The fourth-order valence-corrected chi connectivity index (χ4v) is 0.960. The topological polar surface area (TPSA) is 18.5 Å². The van der Waals surface area contributed by atoms with Crippen LogP contribution in [0, 0.1) is 0 Å². The van der Waals surface area contributed by atoms with E-state index in [4.69, 9.17) is 0 Å². The number of hydrogen-bond donors (Lipinski definition) is 0. The van der Waals surface area contributed by atoms with Gasteiger partial charge in [-0.15, -0.1) is 8.78 Å². The number of rotatable bonds is 2. The van der Waals surface area contributed by atoms with Crippen molar-refractivity contribution in [3.8, 4) is 0 Å².